The monoisotopic (exact) mass is 255 g/mol. The van der Waals surface area contributed by atoms with Gasteiger partial charge in [-0.25, -0.2) is 4.99 Å². The third-order valence-electron chi connectivity index (χ3n) is 2.77. The van der Waals surface area contributed by atoms with Crippen molar-refractivity contribution in [2.45, 2.75) is 6.92 Å². The van der Waals surface area contributed by atoms with Crippen LogP contribution in [0.2, 0.25) is 0 Å². The summed E-state index contributed by atoms with van der Waals surface area (Å²) in [5.74, 6) is 0.598. The molecule has 0 spiro atoms. The van der Waals surface area contributed by atoms with Crippen molar-refractivity contribution in [2.24, 2.45) is 25.4 Å². The summed E-state index contributed by atoms with van der Waals surface area (Å²) < 4.78 is 5.33. The highest BCUT2D eigenvalue weighted by Crippen LogP contribution is 2.25. The lowest BCUT2D eigenvalue weighted by molar-refractivity contribution is -0.111. The molecule has 0 unspecified atom stereocenters. The Bertz CT molecular complexity index is 700. The molecule has 0 aromatic heterocycles. The van der Waals surface area contributed by atoms with Gasteiger partial charge in [-0.1, -0.05) is 12.1 Å². The minimum atomic E-state index is -0.492. The van der Waals surface area contributed by atoms with Crippen molar-refractivity contribution in [3.63, 3.8) is 0 Å². The van der Waals surface area contributed by atoms with Crippen molar-refractivity contribution in [2.75, 3.05) is 7.11 Å². The summed E-state index contributed by atoms with van der Waals surface area (Å²) in [6.45, 7) is 1.91. The Morgan fingerprint density at radius 1 is 1.16 bits per heavy atom. The second-order valence-corrected chi connectivity index (χ2v) is 3.97. The van der Waals surface area contributed by atoms with Gasteiger partial charge in [0.15, 0.2) is 5.84 Å². The van der Waals surface area contributed by atoms with Crippen LogP contribution in [0.4, 0.5) is 0 Å². The number of hydrogen-bond acceptors (Lipinski definition) is 6. The van der Waals surface area contributed by atoms with Crippen molar-refractivity contribution >= 4 is 23.3 Å². The Morgan fingerprint density at radius 3 is 2.79 bits per heavy atom. The number of carbonyl (C=O) groups excluding carboxylic acids is 1. The Kier molecular flexibility index (Phi) is 2.52. The molecule has 7 nitrogen and oxygen atoms in total. The quantitative estimate of drug-likeness (QED) is 0.801. The number of ether oxygens (including phenoxy) is 1. The van der Waals surface area contributed by atoms with Gasteiger partial charge in [0, 0.05) is 0 Å². The summed E-state index contributed by atoms with van der Waals surface area (Å²) in [5, 5.41) is 10.7. The molecule has 1 amide bonds. The molecule has 19 heavy (non-hydrogen) atoms. The van der Waals surface area contributed by atoms with Gasteiger partial charge in [-0.2, -0.15) is 4.99 Å². The zero-order valence-corrected chi connectivity index (χ0v) is 10.3. The first-order chi connectivity index (χ1) is 9.20. The molecule has 0 atom stereocenters. The van der Waals surface area contributed by atoms with Crippen LogP contribution in [-0.2, 0) is 4.79 Å². The topological polar surface area (TPSA) is 88.1 Å². The van der Waals surface area contributed by atoms with Gasteiger partial charge < -0.3 is 4.74 Å². The summed E-state index contributed by atoms with van der Waals surface area (Å²) in [7, 11) is 1.56. The highest BCUT2D eigenvalue weighted by molar-refractivity contribution is 6.69. The molecule has 0 saturated carbocycles. The molecular weight excluding hydrogens is 246 g/mol. The third-order valence-corrected chi connectivity index (χ3v) is 2.77. The molecular formula is C12H9N5O2. The fraction of sp³-hybridized carbons (Fsp3) is 0.167. The van der Waals surface area contributed by atoms with E-state index in [0.29, 0.717) is 11.3 Å². The molecule has 2 heterocycles. The number of aliphatic imine (C=N–C) groups is 2. The molecule has 1 aromatic carbocycles. The molecule has 0 saturated heterocycles. The fourth-order valence-electron chi connectivity index (χ4n) is 1.91. The van der Waals surface area contributed by atoms with Gasteiger partial charge in [-0.15, -0.1) is 10.2 Å². The first kappa shape index (κ1) is 11.4. The first-order valence-electron chi connectivity index (χ1n) is 5.55. The van der Waals surface area contributed by atoms with Gasteiger partial charge in [0.05, 0.1) is 12.7 Å². The minimum absolute atomic E-state index is 0.0790. The van der Waals surface area contributed by atoms with Crippen LogP contribution in [0, 0.1) is 6.92 Å². The Labute approximate surface area is 108 Å². The van der Waals surface area contributed by atoms with Gasteiger partial charge in [0.1, 0.15) is 5.75 Å². The van der Waals surface area contributed by atoms with E-state index in [2.05, 4.69) is 25.4 Å². The number of aryl methyl sites for hydroxylation is 1. The van der Waals surface area contributed by atoms with E-state index in [4.69, 9.17) is 4.74 Å². The maximum Gasteiger partial charge on any atom is 0.303 e. The number of amides is 1. The molecule has 0 N–H and O–H groups in total. The highest BCUT2D eigenvalue weighted by Gasteiger charge is 2.29. The lowest BCUT2D eigenvalue weighted by Gasteiger charge is -2.12. The van der Waals surface area contributed by atoms with Gasteiger partial charge in [-0.05, 0) is 23.8 Å². The minimum Gasteiger partial charge on any atom is -0.496 e. The van der Waals surface area contributed by atoms with E-state index in [1.54, 1.807) is 13.2 Å². The van der Waals surface area contributed by atoms with Crippen molar-refractivity contribution < 1.29 is 9.53 Å². The van der Waals surface area contributed by atoms with Crippen molar-refractivity contribution in [1.82, 2.24) is 0 Å². The van der Waals surface area contributed by atoms with E-state index >= 15 is 0 Å². The number of benzene rings is 1. The Hall–Kier alpha value is -2.70. The summed E-state index contributed by atoms with van der Waals surface area (Å²) >= 11 is 0. The van der Waals surface area contributed by atoms with Crippen molar-refractivity contribution in [3.05, 3.63) is 29.3 Å². The second-order valence-electron chi connectivity index (χ2n) is 3.97. The summed E-state index contributed by atoms with van der Waals surface area (Å²) in [5.41, 5.74) is 1.66. The number of hydrogen-bond donors (Lipinski definition) is 0. The van der Waals surface area contributed by atoms with Crippen molar-refractivity contribution in [1.29, 1.82) is 0 Å². The van der Waals surface area contributed by atoms with Crippen LogP contribution >= 0.6 is 0 Å². The lowest BCUT2D eigenvalue weighted by atomic mass is 10.1. The van der Waals surface area contributed by atoms with Crippen LogP contribution in [0.25, 0.3) is 0 Å². The predicted molar refractivity (Wildman–Crippen MR) is 69.0 cm³/mol. The molecule has 3 rings (SSSR count). The second kappa shape index (κ2) is 4.20. The number of fused-ring (bicyclic) bond motifs is 1. The highest BCUT2D eigenvalue weighted by atomic mass is 16.5. The molecule has 0 radical (unpaired) electrons. The molecule has 0 aliphatic carbocycles. The first-order valence-corrected chi connectivity index (χ1v) is 5.55. The van der Waals surface area contributed by atoms with E-state index in [0.717, 1.165) is 5.56 Å². The van der Waals surface area contributed by atoms with Crippen LogP contribution in [0.5, 0.6) is 5.75 Å². The maximum atomic E-state index is 11.8. The van der Waals surface area contributed by atoms with Gasteiger partial charge >= 0.3 is 5.91 Å². The average molecular weight is 255 g/mol. The van der Waals surface area contributed by atoms with E-state index in [-0.39, 0.29) is 17.4 Å². The SMILES string of the molecule is COc1c(C)cccc1C1=NC(=O)C2=NN=NC2=N1. The maximum absolute atomic E-state index is 11.8. The van der Waals surface area contributed by atoms with E-state index in [1.807, 2.05) is 19.1 Å². The standard InChI is InChI=1S/C12H9N5O2/c1-6-4-3-5-7(9(6)19-2)10-13-11-8(12(18)14-10)15-17-16-11/h3-5H,1-2H3. The van der Waals surface area contributed by atoms with Crippen LogP contribution in [0.15, 0.2) is 43.6 Å². The van der Waals surface area contributed by atoms with Gasteiger partial charge in [-0.3, -0.25) is 4.79 Å². The molecule has 2 aliphatic heterocycles. The van der Waals surface area contributed by atoms with Crippen LogP contribution in [0.3, 0.4) is 0 Å². The Morgan fingerprint density at radius 2 is 2.00 bits per heavy atom. The number of carbonyl (C=O) groups is 1. The molecule has 2 aliphatic rings. The molecule has 7 heteroatoms. The zero-order valence-electron chi connectivity index (χ0n) is 10.3. The molecule has 94 valence electrons. The number of methoxy groups -OCH3 is 1. The average Bonchev–Trinajstić information content (AvgIpc) is 2.87. The van der Waals surface area contributed by atoms with Crippen molar-refractivity contribution in [3.8, 4) is 5.75 Å². The van der Waals surface area contributed by atoms with E-state index < -0.39 is 5.91 Å². The lowest BCUT2D eigenvalue weighted by Crippen LogP contribution is -2.26. The molecule has 0 fully saturated rings. The molecule has 1 aromatic rings. The van der Waals surface area contributed by atoms with E-state index in [1.165, 1.54) is 0 Å². The molecule has 0 bridgehead atoms. The van der Waals surface area contributed by atoms with Crippen LogP contribution in [-0.4, -0.2) is 30.4 Å². The normalized spacial score (nSPS) is 16.7. The fourth-order valence-corrected chi connectivity index (χ4v) is 1.91. The largest absolute Gasteiger partial charge is 0.496 e. The number of rotatable bonds is 2. The van der Waals surface area contributed by atoms with Gasteiger partial charge in [0.25, 0.3) is 0 Å². The van der Waals surface area contributed by atoms with Crippen LogP contribution < -0.4 is 4.74 Å². The van der Waals surface area contributed by atoms with E-state index in [9.17, 15) is 4.79 Å². The Balaban J connectivity index is 2.14. The summed E-state index contributed by atoms with van der Waals surface area (Å²) in [6, 6.07) is 5.54. The zero-order chi connectivity index (χ0) is 13.4. The smallest absolute Gasteiger partial charge is 0.303 e. The number of para-hydroxylation sites is 1. The van der Waals surface area contributed by atoms with Crippen LogP contribution in [0.1, 0.15) is 11.1 Å². The summed E-state index contributed by atoms with van der Waals surface area (Å²) in [4.78, 5) is 19.9. The predicted octanol–water partition coefficient (Wildman–Crippen LogP) is 1.51. The number of nitrogens with zero attached hydrogens (tertiary/aromatic N) is 5. The summed E-state index contributed by atoms with van der Waals surface area (Å²) in [6.07, 6.45) is 0. The number of amidine groups is 2. The van der Waals surface area contributed by atoms with Gasteiger partial charge in [0.2, 0.25) is 11.5 Å². The third kappa shape index (κ3) is 1.75.